The number of fused-ring (bicyclic) bond motifs is 1. The molecule has 0 unspecified atom stereocenters. The number of nitrogens with zero attached hydrogens (tertiary/aromatic N) is 1. The second kappa shape index (κ2) is 2.34. The van der Waals surface area contributed by atoms with E-state index in [4.69, 9.17) is 5.73 Å². The minimum Gasteiger partial charge on any atom is -0.364 e. The van der Waals surface area contributed by atoms with E-state index in [2.05, 4.69) is 9.97 Å². The molecule has 2 heterocycles. The molecule has 4 heteroatoms. The summed E-state index contributed by atoms with van der Waals surface area (Å²) in [6.45, 7) is 0. The maximum absolute atomic E-state index is 10.7. The van der Waals surface area contributed by atoms with Gasteiger partial charge in [0.1, 0.15) is 5.69 Å². The van der Waals surface area contributed by atoms with Crippen molar-refractivity contribution >= 4 is 16.8 Å². The number of nitrogens with one attached hydrogen (secondary N) is 1. The van der Waals surface area contributed by atoms with Gasteiger partial charge in [0, 0.05) is 11.6 Å². The molecule has 60 valence electrons. The van der Waals surface area contributed by atoms with Gasteiger partial charge in [0.2, 0.25) is 0 Å². The first-order valence-electron chi connectivity index (χ1n) is 3.50. The van der Waals surface area contributed by atoms with Gasteiger partial charge in [0.05, 0.1) is 11.7 Å². The van der Waals surface area contributed by atoms with Gasteiger partial charge < -0.3 is 10.7 Å². The van der Waals surface area contributed by atoms with E-state index in [-0.39, 0.29) is 0 Å². The Labute approximate surface area is 68.4 Å². The van der Waals surface area contributed by atoms with Gasteiger partial charge in [-0.3, -0.25) is 4.79 Å². The van der Waals surface area contributed by atoms with Crippen molar-refractivity contribution < 1.29 is 4.79 Å². The summed E-state index contributed by atoms with van der Waals surface area (Å²) in [6, 6.07) is 3.53. The van der Waals surface area contributed by atoms with E-state index >= 15 is 0 Å². The molecule has 0 aliphatic carbocycles. The number of rotatable bonds is 1. The molecule has 2 aromatic heterocycles. The number of hydrogen-bond acceptors (Lipinski definition) is 2. The van der Waals surface area contributed by atoms with Crippen LogP contribution >= 0.6 is 0 Å². The SMILES string of the molecule is NC(=O)c1cc2cc[nH]c2cn1. The van der Waals surface area contributed by atoms with E-state index in [1.807, 2.05) is 6.07 Å². The largest absolute Gasteiger partial charge is 0.364 e. The molecule has 0 saturated heterocycles. The fourth-order valence-corrected chi connectivity index (χ4v) is 1.09. The average molecular weight is 161 g/mol. The highest BCUT2D eigenvalue weighted by Gasteiger charge is 2.02. The van der Waals surface area contributed by atoms with Crippen LogP contribution in [0.3, 0.4) is 0 Å². The van der Waals surface area contributed by atoms with Gasteiger partial charge in [-0.15, -0.1) is 0 Å². The van der Waals surface area contributed by atoms with Crippen LogP contribution in [0.4, 0.5) is 0 Å². The van der Waals surface area contributed by atoms with Crippen LogP contribution in [-0.4, -0.2) is 15.9 Å². The predicted molar refractivity (Wildman–Crippen MR) is 44.6 cm³/mol. The lowest BCUT2D eigenvalue weighted by Crippen LogP contribution is -2.12. The number of pyridine rings is 1. The van der Waals surface area contributed by atoms with Gasteiger partial charge in [-0.25, -0.2) is 4.98 Å². The third-order valence-electron chi connectivity index (χ3n) is 1.69. The van der Waals surface area contributed by atoms with E-state index in [1.54, 1.807) is 18.5 Å². The zero-order valence-corrected chi connectivity index (χ0v) is 6.24. The van der Waals surface area contributed by atoms with Crippen molar-refractivity contribution in [2.24, 2.45) is 5.73 Å². The van der Waals surface area contributed by atoms with Crippen molar-refractivity contribution in [3.8, 4) is 0 Å². The number of aromatic amines is 1. The first-order chi connectivity index (χ1) is 5.77. The van der Waals surface area contributed by atoms with Gasteiger partial charge in [0.15, 0.2) is 0 Å². The number of carbonyl (C=O) groups excluding carboxylic acids is 1. The fraction of sp³-hybridized carbons (Fsp3) is 0. The topological polar surface area (TPSA) is 71.8 Å². The minimum atomic E-state index is -0.502. The van der Waals surface area contributed by atoms with E-state index in [1.165, 1.54) is 0 Å². The van der Waals surface area contributed by atoms with Gasteiger partial charge in [-0.2, -0.15) is 0 Å². The molecule has 0 saturated carbocycles. The number of amides is 1. The van der Waals surface area contributed by atoms with Crippen molar-refractivity contribution in [2.45, 2.75) is 0 Å². The highest BCUT2D eigenvalue weighted by atomic mass is 16.1. The smallest absolute Gasteiger partial charge is 0.267 e. The van der Waals surface area contributed by atoms with Crippen molar-refractivity contribution in [3.63, 3.8) is 0 Å². The lowest BCUT2D eigenvalue weighted by Gasteiger charge is -1.93. The number of carbonyl (C=O) groups is 1. The molecule has 0 aromatic carbocycles. The molecule has 3 N–H and O–H groups in total. The summed E-state index contributed by atoms with van der Waals surface area (Å²) in [5, 5.41) is 0.943. The summed E-state index contributed by atoms with van der Waals surface area (Å²) < 4.78 is 0. The van der Waals surface area contributed by atoms with E-state index < -0.39 is 5.91 Å². The maximum Gasteiger partial charge on any atom is 0.267 e. The molecule has 0 aliphatic rings. The molecule has 2 aromatic rings. The monoisotopic (exact) mass is 161 g/mol. The summed E-state index contributed by atoms with van der Waals surface area (Å²) in [6.07, 6.45) is 3.38. The molecule has 0 radical (unpaired) electrons. The van der Waals surface area contributed by atoms with Crippen molar-refractivity contribution in [1.29, 1.82) is 0 Å². The fourth-order valence-electron chi connectivity index (χ4n) is 1.09. The summed E-state index contributed by atoms with van der Waals surface area (Å²) in [5.74, 6) is -0.502. The van der Waals surface area contributed by atoms with Gasteiger partial charge in [-0.1, -0.05) is 0 Å². The van der Waals surface area contributed by atoms with Gasteiger partial charge in [-0.05, 0) is 12.1 Å². The lowest BCUT2D eigenvalue weighted by atomic mass is 10.2. The Hall–Kier alpha value is -1.84. The quantitative estimate of drug-likeness (QED) is 0.644. The molecule has 1 amide bonds. The van der Waals surface area contributed by atoms with Crippen LogP contribution in [0.25, 0.3) is 10.9 Å². The Balaban J connectivity index is 2.68. The minimum absolute atomic E-state index is 0.294. The highest BCUT2D eigenvalue weighted by Crippen LogP contribution is 2.10. The van der Waals surface area contributed by atoms with Crippen LogP contribution in [0, 0.1) is 0 Å². The van der Waals surface area contributed by atoms with Crippen LogP contribution in [-0.2, 0) is 0 Å². The third kappa shape index (κ3) is 0.934. The van der Waals surface area contributed by atoms with E-state index in [0.29, 0.717) is 5.69 Å². The Bertz CT molecular complexity index is 433. The number of H-pyrrole nitrogens is 1. The number of aromatic nitrogens is 2. The highest BCUT2D eigenvalue weighted by molar-refractivity contribution is 5.94. The zero-order valence-electron chi connectivity index (χ0n) is 6.24. The molecule has 2 rings (SSSR count). The maximum atomic E-state index is 10.7. The summed E-state index contributed by atoms with van der Waals surface area (Å²) >= 11 is 0. The van der Waals surface area contributed by atoms with Crippen molar-refractivity contribution in [1.82, 2.24) is 9.97 Å². The Morgan fingerprint density at radius 2 is 2.42 bits per heavy atom. The second-order valence-corrected chi connectivity index (χ2v) is 2.50. The summed E-state index contributed by atoms with van der Waals surface area (Å²) in [7, 11) is 0. The van der Waals surface area contributed by atoms with Crippen LogP contribution in [0.2, 0.25) is 0 Å². The molecule has 0 spiro atoms. The van der Waals surface area contributed by atoms with Gasteiger partial charge >= 0.3 is 0 Å². The molecule has 0 fully saturated rings. The molecule has 0 atom stereocenters. The number of nitrogens with two attached hydrogens (primary N) is 1. The first-order valence-corrected chi connectivity index (χ1v) is 3.50. The lowest BCUT2D eigenvalue weighted by molar-refractivity contribution is 0.0996. The van der Waals surface area contributed by atoms with Crippen LogP contribution in [0.5, 0.6) is 0 Å². The van der Waals surface area contributed by atoms with E-state index in [9.17, 15) is 4.79 Å². The first kappa shape index (κ1) is 6.84. The Morgan fingerprint density at radius 3 is 3.17 bits per heavy atom. The van der Waals surface area contributed by atoms with Crippen LogP contribution in [0.1, 0.15) is 10.5 Å². The summed E-state index contributed by atoms with van der Waals surface area (Å²) in [5.41, 5.74) is 6.26. The molecule has 4 nitrogen and oxygen atoms in total. The van der Waals surface area contributed by atoms with Crippen molar-refractivity contribution in [3.05, 3.63) is 30.2 Å². The standard InChI is InChI=1S/C8H7N3O/c9-8(12)6-3-5-1-2-10-7(5)4-11-6/h1-4,10H,(H2,9,12). The third-order valence-corrected chi connectivity index (χ3v) is 1.69. The number of hydrogen-bond donors (Lipinski definition) is 2. The normalized spacial score (nSPS) is 10.3. The predicted octanol–water partition coefficient (Wildman–Crippen LogP) is 0.662. The Kier molecular flexibility index (Phi) is 1.33. The molecule has 12 heavy (non-hydrogen) atoms. The summed E-state index contributed by atoms with van der Waals surface area (Å²) in [4.78, 5) is 17.6. The number of primary amides is 1. The van der Waals surface area contributed by atoms with Crippen LogP contribution in [0.15, 0.2) is 24.5 Å². The van der Waals surface area contributed by atoms with Crippen molar-refractivity contribution in [2.75, 3.05) is 0 Å². The second-order valence-electron chi connectivity index (χ2n) is 2.50. The average Bonchev–Trinajstić information content (AvgIpc) is 2.49. The Morgan fingerprint density at radius 1 is 1.58 bits per heavy atom. The molecular weight excluding hydrogens is 154 g/mol. The zero-order chi connectivity index (χ0) is 8.55. The molecule has 0 aliphatic heterocycles. The van der Waals surface area contributed by atoms with E-state index in [0.717, 1.165) is 10.9 Å². The molecular formula is C8H7N3O. The van der Waals surface area contributed by atoms with Crippen LogP contribution < -0.4 is 5.73 Å². The molecule has 0 bridgehead atoms. The van der Waals surface area contributed by atoms with Gasteiger partial charge in [0.25, 0.3) is 5.91 Å².